The second-order valence-corrected chi connectivity index (χ2v) is 15.7. The summed E-state index contributed by atoms with van der Waals surface area (Å²) in [5.74, 6) is -1.31. The minimum Gasteiger partial charge on any atom is -0.382 e. The maximum Gasteiger partial charge on any atom is 0.266 e. The van der Waals surface area contributed by atoms with Crippen molar-refractivity contribution in [2.75, 3.05) is 12.3 Å². The quantitative estimate of drug-likeness (QED) is 0.129. The molecule has 2 bridgehead atoms. The van der Waals surface area contributed by atoms with Crippen LogP contribution in [0.25, 0.3) is 21.5 Å². The standard InChI is InChI=1S/C31H30Cl2FN3O7S2.H3N/c32-21-2-1-3-22(33)25(21)26-20(28(44-37-26)15-4-5-15)14-43-19-12-17-6-7-18(13-19)31(17,39)30-36-27-23(34)10-16(11-24(27)45-30)29(38)35-8-9-46(40,41)42;/h1-3,10-11,15,17-19,39H,4-9,12-14H2,(H,35,38)(H,40,41,42);1H3/t17-,18+,19?,31?;. The molecule has 7 rings (SSSR count). The summed E-state index contributed by atoms with van der Waals surface area (Å²) in [5.41, 5.74) is 0.812. The number of nitrogens with zero attached hydrogens (tertiary/aromatic N) is 2. The van der Waals surface area contributed by atoms with Crippen molar-refractivity contribution < 1.29 is 36.5 Å². The normalized spacial score (nSPS) is 24.0. The summed E-state index contributed by atoms with van der Waals surface area (Å²) < 4.78 is 58.6. The molecule has 0 spiro atoms. The van der Waals surface area contributed by atoms with Crippen LogP contribution >= 0.6 is 34.5 Å². The third kappa shape index (κ3) is 6.54. The van der Waals surface area contributed by atoms with Crippen LogP contribution in [0.5, 0.6) is 0 Å². The van der Waals surface area contributed by atoms with Crippen LogP contribution < -0.4 is 11.5 Å². The minimum absolute atomic E-state index is 0. The van der Waals surface area contributed by atoms with Crippen molar-refractivity contribution in [3.8, 4) is 11.3 Å². The van der Waals surface area contributed by atoms with Crippen molar-refractivity contribution in [2.24, 2.45) is 11.8 Å². The van der Waals surface area contributed by atoms with E-state index in [1.165, 1.54) is 6.07 Å². The molecule has 1 amide bonds. The predicted octanol–water partition coefficient (Wildman–Crippen LogP) is 6.65. The summed E-state index contributed by atoms with van der Waals surface area (Å²) in [6.45, 7) is -0.0676. The highest BCUT2D eigenvalue weighted by atomic mass is 35.5. The smallest absolute Gasteiger partial charge is 0.266 e. The molecule has 2 unspecified atom stereocenters. The van der Waals surface area contributed by atoms with E-state index in [-0.39, 0.29) is 54.2 Å². The van der Waals surface area contributed by atoms with Gasteiger partial charge in [0, 0.05) is 29.2 Å². The van der Waals surface area contributed by atoms with Gasteiger partial charge >= 0.3 is 0 Å². The maximum atomic E-state index is 15.1. The van der Waals surface area contributed by atoms with E-state index in [2.05, 4.69) is 15.5 Å². The number of ether oxygens (including phenoxy) is 1. The third-order valence-corrected chi connectivity index (χ3v) is 11.8. The van der Waals surface area contributed by atoms with E-state index >= 15 is 4.39 Å². The zero-order valence-electron chi connectivity index (χ0n) is 25.0. The van der Waals surface area contributed by atoms with Gasteiger partial charge in [-0.25, -0.2) is 9.37 Å². The topological polar surface area (TPSA) is 187 Å². The molecular weight excluding hydrogens is 694 g/mol. The van der Waals surface area contributed by atoms with Gasteiger partial charge in [0.2, 0.25) is 0 Å². The molecule has 16 heteroatoms. The van der Waals surface area contributed by atoms with Gasteiger partial charge in [-0.3, -0.25) is 9.35 Å². The first kappa shape index (κ1) is 34.2. The van der Waals surface area contributed by atoms with E-state index in [0.29, 0.717) is 43.9 Å². The number of hydrogen-bond donors (Lipinski definition) is 4. The Morgan fingerprint density at radius 2 is 1.83 bits per heavy atom. The number of nitrogens with one attached hydrogen (secondary N) is 1. The molecule has 0 saturated heterocycles. The third-order valence-electron chi connectivity index (χ3n) is 9.33. The van der Waals surface area contributed by atoms with Gasteiger partial charge in [-0.15, -0.1) is 11.3 Å². The highest BCUT2D eigenvalue weighted by Crippen LogP contribution is 2.57. The molecule has 47 heavy (non-hydrogen) atoms. The molecular formula is C31H33Cl2FN4O7S2. The molecule has 4 aromatic rings. The Morgan fingerprint density at radius 3 is 2.47 bits per heavy atom. The fourth-order valence-electron chi connectivity index (χ4n) is 6.92. The lowest BCUT2D eigenvalue weighted by molar-refractivity contribution is -0.116. The second-order valence-electron chi connectivity index (χ2n) is 12.3. The number of thiazole rings is 1. The van der Waals surface area contributed by atoms with Gasteiger partial charge in [0.05, 0.1) is 33.2 Å². The largest absolute Gasteiger partial charge is 0.382 e. The van der Waals surface area contributed by atoms with Crippen molar-refractivity contribution in [1.29, 1.82) is 0 Å². The fraction of sp³-hybridized carbons (Fsp3) is 0.452. The van der Waals surface area contributed by atoms with E-state index in [4.69, 9.17) is 37.0 Å². The van der Waals surface area contributed by atoms with Crippen LogP contribution in [0.3, 0.4) is 0 Å². The lowest BCUT2D eigenvalue weighted by Crippen LogP contribution is -2.44. The summed E-state index contributed by atoms with van der Waals surface area (Å²) in [5, 5.41) is 20.2. The van der Waals surface area contributed by atoms with Crippen LogP contribution in [0.4, 0.5) is 4.39 Å². The molecule has 2 heterocycles. The van der Waals surface area contributed by atoms with Crippen LogP contribution in [0.15, 0.2) is 34.9 Å². The van der Waals surface area contributed by atoms with Gasteiger partial charge in [-0.05, 0) is 74.6 Å². The van der Waals surface area contributed by atoms with E-state index in [0.717, 1.165) is 54.4 Å². The monoisotopic (exact) mass is 726 g/mol. The van der Waals surface area contributed by atoms with Gasteiger partial charge in [-0.2, -0.15) is 8.42 Å². The summed E-state index contributed by atoms with van der Waals surface area (Å²) in [7, 11) is -4.25. The minimum atomic E-state index is -4.25. The zero-order valence-corrected chi connectivity index (χ0v) is 28.2. The van der Waals surface area contributed by atoms with Gasteiger partial charge < -0.3 is 25.8 Å². The SMILES string of the molecule is N.O=C(NCCS(=O)(=O)O)c1cc(F)c2nc(C3(O)[C@@H]4CC[C@H]3CC(OCc3c(-c5c(Cl)cccc5Cl)noc3C3CC3)C4)sc2c1. The number of carbonyl (C=O) groups excluding carboxylic acids is 1. The van der Waals surface area contributed by atoms with Crippen LogP contribution in [0, 0.1) is 17.7 Å². The van der Waals surface area contributed by atoms with Crippen molar-refractivity contribution in [3.63, 3.8) is 0 Å². The molecule has 0 radical (unpaired) electrons. The maximum absolute atomic E-state index is 15.1. The number of amides is 1. The Labute approximate surface area is 284 Å². The highest BCUT2D eigenvalue weighted by Gasteiger charge is 2.56. The van der Waals surface area contributed by atoms with Crippen LogP contribution in [-0.2, 0) is 27.1 Å². The summed E-state index contributed by atoms with van der Waals surface area (Å²) in [6.07, 6.45) is 4.59. The molecule has 3 fully saturated rings. The molecule has 0 aliphatic heterocycles. The Morgan fingerprint density at radius 1 is 1.15 bits per heavy atom. The van der Waals surface area contributed by atoms with Gasteiger partial charge in [0.15, 0.2) is 5.82 Å². The first-order valence-electron chi connectivity index (χ1n) is 15.0. The van der Waals surface area contributed by atoms with Crippen LogP contribution in [0.2, 0.25) is 10.0 Å². The lowest BCUT2D eigenvalue weighted by Gasteiger charge is -2.41. The summed E-state index contributed by atoms with van der Waals surface area (Å²) in [4.78, 5) is 17.1. The van der Waals surface area contributed by atoms with Gasteiger partial charge in [0.25, 0.3) is 16.0 Å². The Hall–Kier alpha value is -2.69. The first-order valence-corrected chi connectivity index (χ1v) is 18.2. The van der Waals surface area contributed by atoms with Crippen molar-refractivity contribution in [2.45, 2.75) is 62.8 Å². The van der Waals surface area contributed by atoms with Gasteiger partial charge in [-0.1, -0.05) is 34.4 Å². The highest BCUT2D eigenvalue weighted by molar-refractivity contribution is 7.85. The first-order chi connectivity index (χ1) is 21.9. The molecule has 2 aromatic heterocycles. The average Bonchev–Trinajstić information content (AvgIpc) is 3.57. The number of aromatic nitrogens is 2. The number of aliphatic hydroxyl groups is 1. The van der Waals surface area contributed by atoms with Gasteiger partial charge in [0.1, 0.15) is 27.6 Å². The second kappa shape index (κ2) is 13.0. The Kier molecular flexibility index (Phi) is 9.43. The molecule has 3 aliphatic carbocycles. The number of hydrogen-bond acceptors (Lipinski definition) is 10. The number of fused-ring (bicyclic) bond motifs is 3. The van der Waals surface area contributed by atoms with Crippen molar-refractivity contribution in [1.82, 2.24) is 21.6 Å². The fourth-order valence-corrected chi connectivity index (χ4v) is 9.13. The average molecular weight is 728 g/mol. The van der Waals surface area contributed by atoms with Crippen LogP contribution in [-0.4, -0.2) is 52.5 Å². The number of benzene rings is 2. The van der Waals surface area contributed by atoms with E-state index in [1.807, 2.05) is 0 Å². The van der Waals surface area contributed by atoms with Crippen LogP contribution in [0.1, 0.15) is 71.1 Å². The number of rotatable bonds is 10. The summed E-state index contributed by atoms with van der Waals surface area (Å²) >= 11 is 14.2. The molecule has 252 valence electrons. The molecule has 6 N–H and O–H groups in total. The van der Waals surface area contributed by atoms with E-state index in [9.17, 15) is 18.3 Å². The molecule has 3 saturated carbocycles. The summed E-state index contributed by atoms with van der Waals surface area (Å²) in [6, 6.07) is 7.80. The van der Waals surface area contributed by atoms with E-state index < -0.39 is 33.2 Å². The van der Waals surface area contributed by atoms with Crippen molar-refractivity contribution >= 4 is 60.8 Å². The molecule has 11 nitrogen and oxygen atoms in total. The molecule has 2 aromatic carbocycles. The Bertz CT molecular complexity index is 1910. The molecule has 4 atom stereocenters. The van der Waals surface area contributed by atoms with Crippen molar-refractivity contribution in [3.05, 3.63) is 68.1 Å². The number of halogens is 3. The zero-order chi connectivity index (χ0) is 32.4. The number of carbonyl (C=O) groups is 1. The lowest BCUT2D eigenvalue weighted by atomic mass is 9.73. The predicted molar refractivity (Wildman–Crippen MR) is 175 cm³/mol. The molecule has 3 aliphatic rings. The Balaban J connectivity index is 0.00000386. The van der Waals surface area contributed by atoms with E-state index in [1.54, 1.807) is 18.2 Å².